The number of aromatic hydroxyl groups is 1. The molecule has 3 N–H and O–H groups in total. The fraction of sp³-hybridized carbons (Fsp3) is 0.278. The molecule has 1 heterocycles. The summed E-state index contributed by atoms with van der Waals surface area (Å²) in [5.74, 6) is -0.0342. The minimum Gasteiger partial charge on any atom is -0.507 e. The van der Waals surface area contributed by atoms with Crippen molar-refractivity contribution in [1.82, 2.24) is 15.6 Å². The van der Waals surface area contributed by atoms with Gasteiger partial charge in [0.25, 0.3) is 0 Å². The highest BCUT2D eigenvalue weighted by atomic mass is 16.3. The lowest BCUT2D eigenvalue weighted by atomic mass is 10.1. The monoisotopic (exact) mass is 326 g/mol. The number of aromatic nitrogens is 2. The molecule has 0 fully saturated rings. The summed E-state index contributed by atoms with van der Waals surface area (Å²) in [5.41, 5.74) is 6.75. The summed E-state index contributed by atoms with van der Waals surface area (Å²) in [5, 5.41) is 21.0. The molecule has 0 aliphatic carbocycles. The number of benzene rings is 1. The molecule has 0 saturated heterocycles. The fourth-order valence-corrected chi connectivity index (χ4v) is 2.45. The molecule has 0 spiro atoms. The Bertz CT molecular complexity index is 743. The molecule has 0 aliphatic rings. The van der Waals surface area contributed by atoms with Crippen LogP contribution in [0.2, 0.25) is 0 Å². The summed E-state index contributed by atoms with van der Waals surface area (Å²) in [7, 11) is 0. The number of hydrogen-bond acceptors (Lipinski definition) is 4. The lowest BCUT2D eigenvalue weighted by Crippen LogP contribution is -2.18. The molecule has 0 bridgehead atoms. The van der Waals surface area contributed by atoms with Gasteiger partial charge in [0.2, 0.25) is 5.91 Å². The van der Waals surface area contributed by atoms with E-state index in [2.05, 4.69) is 27.3 Å². The van der Waals surface area contributed by atoms with Gasteiger partial charge in [0.1, 0.15) is 5.75 Å². The van der Waals surface area contributed by atoms with Crippen molar-refractivity contribution in [2.75, 3.05) is 0 Å². The van der Waals surface area contributed by atoms with E-state index in [-0.39, 0.29) is 11.7 Å². The SMILES string of the molecule is C=CCc1cccc(C=NNC(=O)CCc2c(C)n[nH]c2C)c1O. The predicted octanol–water partition coefficient (Wildman–Crippen LogP) is 2.54. The van der Waals surface area contributed by atoms with Gasteiger partial charge in [0.15, 0.2) is 0 Å². The maximum atomic E-state index is 11.9. The average Bonchev–Trinajstić information content (AvgIpc) is 2.87. The van der Waals surface area contributed by atoms with Gasteiger partial charge in [-0.3, -0.25) is 9.89 Å². The second kappa shape index (κ2) is 8.10. The first-order valence-electron chi connectivity index (χ1n) is 7.77. The van der Waals surface area contributed by atoms with Crippen molar-refractivity contribution in [2.24, 2.45) is 5.10 Å². The number of hydrogen-bond donors (Lipinski definition) is 3. The van der Waals surface area contributed by atoms with Gasteiger partial charge in [-0.2, -0.15) is 10.2 Å². The smallest absolute Gasteiger partial charge is 0.240 e. The van der Waals surface area contributed by atoms with E-state index in [0.717, 1.165) is 22.5 Å². The van der Waals surface area contributed by atoms with Crippen LogP contribution < -0.4 is 5.43 Å². The largest absolute Gasteiger partial charge is 0.507 e. The summed E-state index contributed by atoms with van der Waals surface area (Å²) in [6, 6.07) is 5.38. The molecule has 0 saturated carbocycles. The summed E-state index contributed by atoms with van der Waals surface area (Å²) < 4.78 is 0. The first kappa shape index (κ1) is 17.5. The van der Waals surface area contributed by atoms with E-state index >= 15 is 0 Å². The second-order valence-corrected chi connectivity index (χ2v) is 5.55. The number of aromatic amines is 1. The minimum absolute atomic E-state index is 0.153. The fourth-order valence-electron chi connectivity index (χ4n) is 2.45. The molecular formula is C18H22N4O2. The Hall–Kier alpha value is -2.89. The average molecular weight is 326 g/mol. The predicted molar refractivity (Wildman–Crippen MR) is 94.1 cm³/mol. The van der Waals surface area contributed by atoms with Crippen LogP contribution >= 0.6 is 0 Å². The lowest BCUT2D eigenvalue weighted by Gasteiger charge is -2.05. The molecule has 2 aromatic rings. The Balaban J connectivity index is 1.91. The van der Waals surface area contributed by atoms with Crippen LogP contribution in [0.3, 0.4) is 0 Å². The summed E-state index contributed by atoms with van der Waals surface area (Å²) >= 11 is 0. The molecule has 0 aliphatic heterocycles. The number of H-pyrrole nitrogens is 1. The Morgan fingerprint density at radius 2 is 2.25 bits per heavy atom. The molecule has 1 aromatic heterocycles. The molecule has 1 amide bonds. The van der Waals surface area contributed by atoms with Crippen LogP contribution in [-0.2, 0) is 17.6 Å². The molecule has 126 valence electrons. The zero-order valence-corrected chi connectivity index (χ0v) is 14.0. The Labute approximate surface area is 141 Å². The number of rotatable bonds is 7. The van der Waals surface area contributed by atoms with Gasteiger partial charge in [0.05, 0.1) is 11.9 Å². The number of nitrogens with one attached hydrogen (secondary N) is 2. The van der Waals surface area contributed by atoms with Crippen LogP contribution in [0.1, 0.15) is 34.5 Å². The van der Waals surface area contributed by atoms with E-state index in [9.17, 15) is 9.90 Å². The second-order valence-electron chi connectivity index (χ2n) is 5.55. The van der Waals surface area contributed by atoms with Gasteiger partial charge in [-0.15, -0.1) is 6.58 Å². The molecule has 0 radical (unpaired) electrons. The third-order valence-corrected chi connectivity index (χ3v) is 3.79. The number of carbonyl (C=O) groups is 1. The topological polar surface area (TPSA) is 90.4 Å². The molecule has 0 unspecified atom stereocenters. The van der Waals surface area contributed by atoms with Gasteiger partial charge in [-0.1, -0.05) is 18.2 Å². The van der Waals surface area contributed by atoms with Gasteiger partial charge in [-0.25, -0.2) is 5.43 Å². The van der Waals surface area contributed by atoms with Crippen molar-refractivity contribution >= 4 is 12.1 Å². The van der Waals surface area contributed by atoms with Crippen LogP contribution in [0.5, 0.6) is 5.75 Å². The first-order chi connectivity index (χ1) is 11.5. The minimum atomic E-state index is -0.187. The zero-order valence-electron chi connectivity index (χ0n) is 14.0. The number of carbonyl (C=O) groups excluding carboxylic acids is 1. The maximum absolute atomic E-state index is 11.9. The number of para-hydroxylation sites is 1. The Morgan fingerprint density at radius 1 is 1.46 bits per heavy atom. The van der Waals surface area contributed by atoms with Crippen molar-refractivity contribution in [3.63, 3.8) is 0 Å². The van der Waals surface area contributed by atoms with E-state index in [4.69, 9.17) is 0 Å². The van der Waals surface area contributed by atoms with Crippen LogP contribution in [0.4, 0.5) is 0 Å². The summed E-state index contributed by atoms with van der Waals surface area (Å²) in [6.07, 6.45) is 4.66. The number of allylic oxidation sites excluding steroid dienone is 1. The number of nitrogens with zero attached hydrogens (tertiary/aromatic N) is 2. The van der Waals surface area contributed by atoms with Crippen LogP contribution in [0.25, 0.3) is 0 Å². The first-order valence-corrected chi connectivity index (χ1v) is 7.77. The third kappa shape index (κ3) is 4.32. The van der Waals surface area contributed by atoms with Crippen molar-refractivity contribution in [2.45, 2.75) is 33.1 Å². The third-order valence-electron chi connectivity index (χ3n) is 3.79. The van der Waals surface area contributed by atoms with Crippen LogP contribution in [-0.4, -0.2) is 27.4 Å². The van der Waals surface area contributed by atoms with E-state index in [1.807, 2.05) is 26.0 Å². The highest BCUT2D eigenvalue weighted by Gasteiger charge is 2.09. The molecule has 0 atom stereocenters. The highest BCUT2D eigenvalue weighted by molar-refractivity contribution is 5.85. The molecule has 6 heteroatoms. The van der Waals surface area contributed by atoms with E-state index in [1.165, 1.54) is 6.21 Å². The lowest BCUT2D eigenvalue weighted by molar-refractivity contribution is -0.121. The van der Waals surface area contributed by atoms with E-state index < -0.39 is 0 Å². The maximum Gasteiger partial charge on any atom is 0.240 e. The molecule has 2 rings (SSSR count). The number of aryl methyl sites for hydroxylation is 2. The number of amides is 1. The number of phenols is 1. The number of phenolic OH excluding ortho intramolecular Hbond substituents is 1. The Kier molecular flexibility index (Phi) is 5.89. The normalized spacial score (nSPS) is 10.9. The molecule has 1 aromatic carbocycles. The standard InChI is InChI=1S/C18H22N4O2/c1-4-6-14-7-5-8-15(18(14)24)11-19-22-17(23)10-9-16-12(2)20-21-13(16)3/h4-5,7-8,11,24H,1,6,9-10H2,2-3H3,(H,20,21)(H,22,23). The van der Waals surface area contributed by atoms with E-state index in [1.54, 1.807) is 12.1 Å². The van der Waals surface area contributed by atoms with Gasteiger partial charge < -0.3 is 5.11 Å². The van der Waals surface area contributed by atoms with E-state index in [0.29, 0.717) is 24.8 Å². The Morgan fingerprint density at radius 3 is 2.92 bits per heavy atom. The quantitative estimate of drug-likeness (QED) is 0.415. The highest BCUT2D eigenvalue weighted by Crippen LogP contribution is 2.21. The molecular weight excluding hydrogens is 304 g/mol. The van der Waals surface area contributed by atoms with Crippen molar-refractivity contribution in [1.29, 1.82) is 0 Å². The summed E-state index contributed by atoms with van der Waals surface area (Å²) in [4.78, 5) is 11.9. The van der Waals surface area contributed by atoms with Gasteiger partial charge >= 0.3 is 0 Å². The van der Waals surface area contributed by atoms with Crippen LogP contribution in [0.15, 0.2) is 36.0 Å². The van der Waals surface area contributed by atoms with Crippen molar-refractivity contribution < 1.29 is 9.90 Å². The van der Waals surface area contributed by atoms with Crippen molar-refractivity contribution in [3.05, 3.63) is 58.9 Å². The zero-order chi connectivity index (χ0) is 17.5. The summed E-state index contributed by atoms with van der Waals surface area (Å²) in [6.45, 7) is 7.50. The van der Waals surface area contributed by atoms with Gasteiger partial charge in [0, 0.05) is 17.7 Å². The van der Waals surface area contributed by atoms with Gasteiger partial charge in [-0.05, 0) is 43.9 Å². The van der Waals surface area contributed by atoms with Crippen LogP contribution in [0, 0.1) is 13.8 Å². The number of hydrazone groups is 1. The molecule has 6 nitrogen and oxygen atoms in total. The molecule has 24 heavy (non-hydrogen) atoms. The van der Waals surface area contributed by atoms with Crippen molar-refractivity contribution in [3.8, 4) is 5.75 Å².